The summed E-state index contributed by atoms with van der Waals surface area (Å²) in [7, 11) is 1.68. The molecule has 1 saturated carbocycles. The second kappa shape index (κ2) is 8.67. The Bertz CT molecular complexity index is 1550. The SMILES string of the molecule is Cc1nc2c(-c3ccc(Cl)cc3F)nc(N3C[C@H](C)O[C@@H](c4cnn(C5CC5)c4)C3)cc2c(=O)n1C. The molecular weight excluding hydrogens is 483 g/mol. The number of fused-ring (bicyclic) bond motifs is 1. The van der Waals surface area contributed by atoms with Gasteiger partial charge in [0.2, 0.25) is 0 Å². The quantitative estimate of drug-likeness (QED) is 0.401. The Morgan fingerprint density at radius 2 is 1.97 bits per heavy atom. The van der Waals surface area contributed by atoms with Gasteiger partial charge in [-0.1, -0.05) is 11.6 Å². The van der Waals surface area contributed by atoms with Crippen LogP contribution in [0.1, 0.15) is 43.3 Å². The second-order valence-corrected chi connectivity index (χ2v) is 10.1. The molecule has 0 bridgehead atoms. The number of morpholine rings is 1. The lowest BCUT2D eigenvalue weighted by Gasteiger charge is -2.37. The molecule has 2 fully saturated rings. The summed E-state index contributed by atoms with van der Waals surface area (Å²) < 4.78 is 24.8. The van der Waals surface area contributed by atoms with Gasteiger partial charge in [-0.25, -0.2) is 14.4 Å². The van der Waals surface area contributed by atoms with E-state index in [0.717, 1.165) is 18.4 Å². The van der Waals surface area contributed by atoms with Crippen molar-refractivity contribution in [3.8, 4) is 11.3 Å². The highest BCUT2D eigenvalue weighted by Crippen LogP contribution is 2.37. The Morgan fingerprint density at radius 1 is 1.17 bits per heavy atom. The third kappa shape index (κ3) is 4.06. The number of hydrogen-bond donors (Lipinski definition) is 0. The number of nitrogens with zero attached hydrogens (tertiary/aromatic N) is 6. The van der Waals surface area contributed by atoms with Crippen LogP contribution in [0.15, 0.2) is 41.5 Å². The highest BCUT2D eigenvalue weighted by Gasteiger charge is 2.31. The summed E-state index contributed by atoms with van der Waals surface area (Å²) in [6.45, 7) is 4.86. The van der Waals surface area contributed by atoms with E-state index in [1.165, 1.54) is 10.6 Å². The monoisotopic (exact) mass is 508 g/mol. The summed E-state index contributed by atoms with van der Waals surface area (Å²) in [6, 6.07) is 6.68. The van der Waals surface area contributed by atoms with Gasteiger partial charge in [0.25, 0.3) is 5.56 Å². The maximum atomic E-state index is 15.1. The fourth-order valence-electron chi connectivity index (χ4n) is 4.78. The predicted octanol–water partition coefficient (Wildman–Crippen LogP) is 4.59. The van der Waals surface area contributed by atoms with E-state index in [2.05, 4.69) is 21.2 Å². The molecule has 1 aliphatic carbocycles. The van der Waals surface area contributed by atoms with Crippen LogP contribution in [-0.4, -0.2) is 43.5 Å². The molecule has 0 N–H and O–H groups in total. The van der Waals surface area contributed by atoms with E-state index in [-0.39, 0.29) is 28.4 Å². The van der Waals surface area contributed by atoms with E-state index in [0.29, 0.717) is 47.4 Å². The molecule has 1 aliphatic heterocycles. The van der Waals surface area contributed by atoms with E-state index >= 15 is 4.39 Å². The molecule has 4 aromatic rings. The largest absolute Gasteiger partial charge is 0.367 e. The standard InChI is InChI=1S/C26H26ClFN6O2/c1-14-11-33(13-22(36-14)16-10-29-34(12-16)18-5-6-18)23-9-20-25(30-15(2)32(3)26(20)35)24(31-23)19-7-4-17(27)8-21(19)28/h4,7-10,12,14,18,22H,5-6,11,13H2,1-3H3/t14-,22+/m0/s1. The number of anilines is 1. The van der Waals surface area contributed by atoms with Gasteiger partial charge >= 0.3 is 0 Å². The average molecular weight is 509 g/mol. The van der Waals surface area contributed by atoms with Crippen LogP contribution in [0.3, 0.4) is 0 Å². The van der Waals surface area contributed by atoms with Crippen molar-refractivity contribution in [2.75, 3.05) is 18.0 Å². The van der Waals surface area contributed by atoms with Gasteiger partial charge in [-0.3, -0.25) is 14.0 Å². The van der Waals surface area contributed by atoms with Gasteiger partial charge in [-0.05, 0) is 51.0 Å². The molecule has 2 aliphatic rings. The van der Waals surface area contributed by atoms with Crippen molar-refractivity contribution in [3.05, 3.63) is 69.2 Å². The highest BCUT2D eigenvalue weighted by molar-refractivity contribution is 6.30. The molecule has 6 rings (SSSR count). The van der Waals surface area contributed by atoms with Crippen molar-refractivity contribution in [1.82, 2.24) is 24.3 Å². The lowest BCUT2D eigenvalue weighted by molar-refractivity contribution is -0.0176. The fourth-order valence-corrected chi connectivity index (χ4v) is 4.94. The normalized spacial score (nSPS) is 20.3. The minimum atomic E-state index is -0.519. The minimum absolute atomic E-state index is 0.0831. The summed E-state index contributed by atoms with van der Waals surface area (Å²) in [5.41, 5.74) is 1.73. The lowest BCUT2D eigenvalue weighted by Crippen LogP contribution is -2.43. The first kappa shape index (κ1) is 23.1. The van der Waals surface area contributed by atoms with E-state index < -0.39 is 5.82 Å². The fraction of sp³-hybridized carbons (Fsp3) is 0.385. The first-order chi connectivity index (χ1) is 17.3. The molecule has 10 heteroatoms. The Labute approximate surface area is 212 Å². The summed E-state index contributed by atoms with van der Waals surface area (Å²) in [5.74, 6) is 0.573. The van der Waals surface area contributed by atoms with Crippen molar-refractivity contribution in [2.24, 2.45) is 7.05 Å². The third-order valence-corrected chi connectivity index (χ3v) is 7.19. The second-order valence-electron chi connectivity index (χ2n) is 9.70. The van der Waals surface area contributed by atoms with Crippen molar-refractivity contribution >= 4 is 28.3 Å². The van der Waals surface area contributed by atoms with Crippen molar-refractivity contribution < 1.29 is 9.13 Å². The molecule has 0 unspecified atom stereocenters. The Hall–Kier alpha value is -3.30. The van der Waals surface area contributed by atoms with Crippen LogP contribution in [0.25, 0.3) is 22.2 Å². The van der Waals surface area contributed by atoms with Gasteiger partial charge in [0.05, 0.1) is 30.3 Å². The number of halogens is 2. The number of benzene rings is 1. The Kier molecular flexibility index (Phi) is 5.57. The van der Waals surface area contributed by atoms with Gasteiger partial charge in [0, 0.05) is 35.9 Å². The van der Waals surface area contributed by atoms with E-state index in [4.69, 9.17) is 21.3 Å². The molecule has 186 valence electrons. The first-order valence-corrected chi connectivity index (χ1v) is 12.4. The molecule has 1 saturated heterocycles. The van der Waals surface area contributed by atoms with Crippen LogP contribution in [0.2, 0.25) is 5.02 Å². The average Bonchev–Trinajstić information content (AvgIpc) is 3.58. The highest BCUT2D eigenvalue weighted by atomic mass is 35.5. The van der Waals surface area contributed by atoms with Crippen molar-refractivity contribution in [1.29, 1.82) is 0 Å². The van der Waals surface area contributed by atoms with Gasteiger partial charge < -0.3 is 9.64 Å². The maximum absolute atomic E-state index is 15.1. The number of aryl methyl sites for hydroxylation is 1. The van der Waals surface area contributed by atoms with Crippen LogP contribution in [0.4, 0.5) is 10.2 Å². The first-order valence-electron chi connectivity index (χ1n) is 12.1. The van der Waals surface area contributed by atoms with Gasteiger partial charge in [0.15, 0.2) is 0 Å². The third-order valence-electron chi connectivity index (χ3n) is 6.96. The Balaban J connectivity index is 1.47. The summed E-state index contributed by atoms with van der Waals surface area (Å²) in [6.07, 6.45) is 5.95. The van der Waals surface area contributed by atoms with E-state index in [1.54, 1.807) is 32.2 Å². The van der Waals surface area contributed by atoms with Gasteiger partial charge in [0.1, 0.15) is 34.8 Å². The number of pyridine rings is 1. The van der Waals surface area contributed by atoms with Crippen LogP contribution >= 0.6 is 11.6 Å². The van der Waals surface area contributed by atoms with Crippen molar-refractivity contribution in [3.63, 3.8) is 0 Å². The van der Waals surface area contributed by atoms with Crippen LogP contribution < -0.4 is 10.5 Å². The topological polar surface area (TPSA) is 78.1 Å². The van der Waals surface area contributed by atoms with E-state index in [9.17, 15) is 4.79 Å². The summed E-state index contributed by atoms with van der Waals surface area (Å²) in [5, 5.41) is 5.18. The van der Waals surface area contributed by atoms with Crippen molar-refractivity contribution in [2.45, 2.75) is 44.9 Å². The van der Waals surface area contributed by atoms with Gasteiger partial charge in [-0.15, -0.1) is 0 Å². The van der Waals surface area contributed by atoms with E-state index in [1.807, 2.05) is 17.8 Å². The molecule has 8 nitrogen and oxygen atoms in total. The molecule has 0 radical (unpaired) electrons. The zero-order valence-corrected chi connectivity index (χ0v) is 21.0. The molecule has 0 amide bonds. The minimum Gasteiger partial charge on any atom is -0.367 e. The smallest absolute Gasteiger partial charge is 0.261 e. The molecule has 0 spiro atoms. The lowest BCUT2D eigenvalue weighted by atomic mass is 10.1. The molecule has 1 aromatic carbocycles. The number of rotatable bonds is 4. The van der Waals surface area contributed by atoms with Crippen LogP contribution in [0.5, 0.6) is 0 Å². The molecule has 4 heterocycles. The zero-order chi connectivity index (χ0) is 25.1. The molecule has 36 heavy (non-hydrogen) atoms. The zero-order valence-electron chi connectivity index (χ0n) is 20.3. The van der Waals surface area contributed by atoms with Gasteiger partial charge in [-0.2, -0.15) is 5.10 Å². The molecular formula is C26H26ClFN6O2. The summed E-state index contributed by atoms with van der Waals surface area (Å²) in [4.78, 5) is 24.8. The Morgan fingerprint density at radius 3 is 2.72 bits per heavy atom. The maximum Gasteiger partial charge on any atom is 0.261 e. The number of aromatic nitrogens is 5. The molecule has 2 atom stereocenters. The van der Waals surface area contributed by atoms with Crippen LogP contribution in [0, 0.1) is 12.7 Å². The molecule has 3 aromatic heterocycles. The number of hydrogen-bond acceptors (Lipinski definition) is 6. The summed E-state index contributed by atoms with van der Waals surface area (Å²) >= 11 is 6.00. The predicted molar refractivity (Wildman–Crippen MR) is 136 cm³/mol. The number of ether oxygens (including phenoxy) is 1. The van der Waals surface area contributed by atoms with Crippen LogP contribution in [-0.2, 0) is 11.8 Å².